The van der Waals surface area contributed by atoms with Gasteiger partial charge in [0.15, 0.2) is 0 Å². The van der Waals surface area contributed by atoms with Gasteiger partial charge in [-0.2, -0.15) is 0 Å². The lowest BCUT2D eigenvalue weighted by Crippen LogP contribution is -2.50. The van der Waals surface area contributed by atoms with Crippen molar-refractivity contribution in [2.75, 3.05) is 40.8 Å². The smallest absolute Gasteiger partial charge is 0.118 e. The molecule has 1 aliphatic heterocycles. The van der Waals surface area contributed by atoms with Crippen molar-refractivity contribution in [1.82, 2.24) is 15.5 Å². The molecule has 1 aromatic rings. The fourth-order valence-corrected chi connectivity index (χ4v) is 2.65. The van der Waals surface area contributed by atoms with Crippen LogP contribution in [0, 0.1) is 0 Å². The van der Waals surface area contributed by atoms with Crippen molar-refractivity contribution in [3.63, 3.8) is 0 Å². The first-order valence-electron chi connectivity index (χ1n) is 6.96. The van der Waals surface area contributed by atoms with Crippen molar-refractivity contribution >= 4 is 0 Å². The third-order valence-corrected chi connectivity index (χ3v) is 4.02. The third-order valence-electron chi connectivity index (χ3n) is 4.02. The first kappa shape index (κ1) is 14.3. The summed E-state index contributed by atoms with van der Waals surface area (Å²) >= 11 is 0. The predicted octanol–water partition coefficient (Wildman–Crippen LogP) is 1.25. The molecule has 4 nitrogen and oxygen atoms in total. The van der Waals surface area contributed by atoms with Crippen molar-refractivity contribution in [2.24, 2.45) is 0 Å². The van der Waals surface area contributed by atoms with Crippen LogP contribution < -0.4 is 15.4 Å². The second-order valence-electron chi connectivity index (χ2n) is 5.19. The second kappa shape index (κ2) is 6.89. The third kappa shape index (κ3) is 3.69. The Morgan fingerprint density at radius 3 is 2.74 bits per heavy atom. The number of nitrogens with zero attached hydrogens (tertiary/aromatic N) is 1. The largest absolute Gasteiger partial charge is 0.497 e. The molecule has 2 N–H and O–H groups in total. The maximum atomic E-state index is 5.21. The Morgan fingerprint density at radius 2 is 2.16 bits per heavy atom. The molecule has 0 spiro atoms. The van der Waals surface area contributed by atoms with Crippen molar-refractivity contribution in [1.29, 1.82) is 0 Å². The van der Waals surface area contributed by atoms with E-state index in [2.05, 4.69) is 34.7 Å². The summed E-state index contributed by atoms with van der Waals surface area (Å²) in [5.74, 6) is 0.912. The van der Waals surface area contributed by atoms with Gasteiger partial charge in [-0.25, -0.2) is 0 Å². The lowest BCUT2D eigenvalue weighted by atomic mass is 9.97. The Hall–Kier alpha value is -1.10. The van der Waals surface area contributed by atoms with Crippen molar-refractivity contribution in [3.8, 4) is 5.75 Å². The average molecular weight is 263 g/mol. The van der Waals surface area contributed by atoms with E-state index in [9.17, 15) is 0 Å². The highest BCUT2D eigenvalue weighted by atomic mass is 16.5. The SMILES string of the molecule is CNC(CC1CNCCN1C)c1ccc(OC)cc1. The molecule has 0 saturated carbocycles. The van der Waals surface area contributed by atoms with E-state index in [0.29, 0.717) is 12.1 Å². The molecule has 2 rings (SSSR count). The van der Waals surface area contributed by atoms with Crippen molar-refractivity contribution in [2.45, 2.75) is 18.5 Å². The summed E-state index contributed by atoms with van der Waals surface area (Å²) in [6, 6.07) is 9.34. The van der Waals surface area contributed by atoms with Crippen LogP contribution in [-0.2, 0) is 0 Å². The summed E-state index contributed by atoms with van der Waals surface area (Å²) in [6.07, 6.45) is 1.12. The molecule has 1 fully saturated rings. The monoisotopic (exact) mass is 263 g/mol. The van der Waals surface area contributed by atoms with Gasteiger partial charge in [-0.05, 0) is 38.2 Å². The molecule has 1 saturated heterocycles. The summed E-state index contributed by atoms with van der Waals surface area (Å²) in [7, 11) is 5.95. The van der Waals surface area contributed by atoms with E-state index in [0.717, 1.165) is 31.8 Å². The van der Waals surface area contributed by atoms with E-state index < -0.39 is 0 Å². The summed E-state index contributed by atoms with van der Waals surface area (Å²) in [5.41, 5.74) is 1.32. The predicted molar refractivity (Wildman–Crippen MR) is 78.7 cm³/mol. The standard InChI is InChI=1S/C15H25N3O/c1-16-15(10-13-11-17-8-9-18(13)2)12-4-6-14(19-3)7-5-12/h4-7,13,15-17H,8-11H2,1-3H3. The van der Waals surface area contributed by atoms with Gasteiger partial charge < -0.3 is 20.3 Å². The number of benzene rings is 1. The molecule has 2 atom stereocenters. The van der Waals surface area contributed by atoms with Gasteiger partial charge >= 0.3 is 0 Å². The van der Waals surface area contributed by atoms with Crippen LogP contribution in [0.15, 0.2) is 24.3 Å². The van der Waals surface area contributed by atoms with Crippen LogP contribution in [0.25, 0.3) is 0 Å². The Morgan fingerprint density at radius 1 is 1.42 bits per heavy atom. The number of piperazine rings is 1. The first-order valence-corrected chi connectivity index (χ1v) is 6.96. The summed E-state index contributed by atoms with van der Waals surface area (Å²) in [4.78, 5) is 2.45. The normalized spacial score (nSPS) is 22.2. The number of methoxy groups -OCH3 is 1. The van der Waals surface area contributed by atoms with Gasteiger partial charge in [-0.15, -0.1) is 0 Å². The maximum Gasteiger partial charge on any atom is 0.118 e. The topological polar surface area (TPSA) is 36.5 Å². The quantitative estimate of drug-likeness (QED) is 0.838. The molecule has 0 amide bonds. The molecular formula is C15H25N3O. The molecular weight excluding hydrogens is 238 g/mol. The molecule has 2 unspecified atom stereocenters. The minimum Gasteiger partial charge on any atom is -0.497 e. The second-order valence-corrected chi connectivity index (χ2v) is 5.19. The van der Waals surface area contributed by atoms with E-state index in [1.54, 1.807) is 7.11 Å². The molecule has 1 aliphatic rings. The number of hydrogen-bond donors (Lipinski definition) is 2. The van der Waals surface area contributed by atoms with Crippen LogP contribution in [0.3, 0.4) is 0 Å². The molecule has 4 heteroatoms. The van der Waals surface area contributed by atoms with Gasteiger partial charge in [0, 0.05) is 31.7 Å². The molecule has 1 heterocycles. The Kier molecular flexibility index (Phi) is 5.19. The highest BCUT2D eigenvalue weighted by Gasteiger charge is 2.22. The average Bonchev–Trinajstić information content (AvgIpc) is 2.47. The van der Waals surface area contributed by atoms with Gasteiger partial charge in [0.2, 0.25) is 0 Å². The molecule has 0 aromatic heterocycles. The molecule has 0 aliphatic carbocycles. The number of rotatable bonds is 5. The van der Waals surface area contributed by atoms with Gasteiger partial charge in [0.05, 0.1) is 7.11 Å². The fraction of sp³-hybridized carbons (Fsp3) is 0.600. The lowest BCUT2D eigenvalue weighted by Gasteiger charge is -2.35. The van der Waals surface area contributed by atoms with Crippen molar-refractivity contribution < 1.29 is 4.74 Å². The van der Waals surface area contributed by atoms with Crippen LogP contribution in [0.4, 0.5) is 0 Å². The van der Waals surface area contributed by atoms with E-state index in [4.69, 9.17) is 4.74 Å². The number of nitrogens with one attached hydrogen (secondary N) is 2. The highest BCUT2D eigenvalue weighted by molar-refractivity contribution is 5.29. The summed E-state index contributed by atoms with van der Waals surface area (Å²) in [5, 5.41) is 6.90. The minimum atomic E-state index is 0.387. The highest BCUT2D eigenvalue weighted by Crippen LogP contribution is 2.23. The summed E-state index contributed by atoms with van der Waals surface area (Å²) in [6.45, 7) is 3.30. The van der Waals surface area contributed by atoms with Crippen LogP contribution in [0.1, 0.15) is 18.0 Å². The van der Waals surface area contributed by atoms with E-state index in [1.807, 2.05) is 19.2 Å². The molecule has 1 aromatic carbocycles. The van der Waals surface area contributed by atoms with Crippen LogP contribution in [0.5, 0.6) is 5.75 Å². The number of likely N-dealkylation sites (N-methyl/N-ethyl adjacent to an activating group) is 1. The maximum absolute atomic E-state index is 5.21. The molecule has 106 valence electrons. The van der Waals surface area contributed by atoms with Crippen LogP contribution in [0.2, 0.25) is 0 Å². The molecule has 0 radical (unpaired) electrons. The first-order chi connectivity index (χ1) is 9.24. The van der Waals surface area contributed by atoms with E-state index >= 15 is 0 Å². The minimum absolute atomic E-state index is 0.387. The van der Waals surface area contributed by atoms with E-state index in [-0.39, 0.29) is 0 Å². The Labute approximate surface area is 116 Å². The van der Waals surface area contributed by atoms with Gasteiger partial charge in [0.1, 0.15) is 5.75 Å². The van der Waals surface area contributed by atoms with Crippen LogP contribution in [-0.4, -0.2) is 51.8 Å². The fourth-order valence-electron chi connectivity index (χ4n) is 2.65. The zero-order valence-electron chi connectivity index (χ0n) is 12.1. The molecule has 0 bridgehead atoms. The Bertz CT molecular complexity index is 379. The lowest BCUT2D eigenvalue weighted by molar-refractivity contribution is 0.178. The number of ether oxygens (including phenoxy) is 1. The van der Waals surface area contributed by atoms with Crippen LogP contribution >= 0.6 is 0 Å². The zero-order valence-corrected chi connectivity index (χ0v) is 12.1. The zero-order chi connectivity index (χ0) is 13.7. The van der Waals surface area contributed by atoms with Gasteiger partial charge in [-0.3, -0.25) is 0 Å². The van der Waals surface area contributed by atoms with Gasteiger partial charge in [-0.1, -0.05) is 12.1 Å². The van der Waals surface area contributed by atoms with Crippen molar-refractivity contribution in [3.05, 3.63) is 29.8 Å². The van der Waals surface area contributed by atoms with E-state index in [1.165, 1.54) is 5.56 Å². The summed E-state index contributed by atoms with van der Waals surface area (Å²) < 4.78 is 5.21. The molecule has 19 heavy (non-hydrogen) atoms. The number of hydrogen-bond acceptors (Lipinski definition) is 4. The Balaban J connectivity index is 2.01. The van der Waals surface area contributed by atoms with Gasteiger partial charge in [0.25, 0.3) is 0 Å².